The van der Waals surface area contributed by atoms with E-state index in [1.165, 1.54) is 24.4 Å². The van der Waals surface area contributed by atoms with Crippen LogP contribution in [-0.4, -0.2) is 44.7 Å². The molecule has 104 valence electrons. The zero-order valence-electron chi connectivity index (χ0n) is 11.6. The molecular formula is C13H20N4O2. The standard InChI is InChI=1S/C13H20N4O2/c1-10-13(11(2)18)14-15-17(10)9-12(19)16-7-5-3-4-6-8-16/h3-9H2,1-2H3. The minimum Gasteiger partial charge on any atom is -0.341 e. The Labute approximate surface area is 112 Å². The van der Waals surface area contributed by atoms with Gasteiger partial charge in [-0.3, -0.25) is 9.59 Å². The summed E-state index contributed by atoms with van der Waals surface area (Å²) in [6.45, 7) is 5.05. The fraction of sp³-hybridized carbons (Fsp3) is 0.692. The number of rotatable bonds is 3. The molecule has 0 unspecified atom stereocenters. The first-order valence-electron chi connectivity index (χ1n) is 6.78. The van der Waals surface area contributed by atoms with Crippen molar-refractivity contribution in [1.82, 2.24) is 19.9 Å². The predicted molar refractivity (Wildman–Crippen MR) is 69.8 cm³/mol. The fourth-order valence-electron chi connectivity index (χ4n) is 2.38. The second-order valence-corrected chi connectivity index (χ2v) is 5.03. The molecule has 0 spiro atoms. The second kappa shape index (κ2) is 5.95. The van der Waals surface area contributed by atoms with Gasteiger partial charge in [-0.05, 0) is 19.8 Å². The molecule has 1 fully saturated rings. The largest absolute Gasteiger partial charge is 0.341 e. The van der Waals surface area contributed by atoms with E-state index >= 15 is 0 Å². The summed E-state index contributed by atoms with van der Waals surface area (Å²) in [4.78, 5) is 25.4. The van der Waals surface area contributed by atoms with Crippen molar-refractivity contribution < 1.29 is 9.59 Å². The smallest absolute Gasteiger partial charge is 0.244 e. The molecule has 0 N–H and O–H groups in total. The number of hydrogen-bond acceptors (Lipinski definition) is 4. The molecule has 1 saturated heterocycles. The van der Waals surface area contributed by atoms with Gasteiger partial charge in [-0.25, -0.2) is 4.68 Å². The van der Waals surface area contributed by atoms with Crippen LogP contribution in [0, 0.1) is 6.92 Å². The maximum absolute atomic E-state index is 12.2. The third kappa shape index (κ3) is 3.19. The molecule has 2 rings (SSSR count). The number of likely N-dealkylation sites (tertiary alicyclic amines) is 1. The lowest BCUT2D eigenvalue weighted by molar-refractivity contribution is -0.132. The van der Waals surface area contributed by atoms with E-state index in [1.54, 1.807) is 6.92 Å². The molecule has 0 aliphatic carbocycles. The maximum atomic E-state index is 12.2. The van der Waals surface area contributed by atoms with Gasteiger partial charge in [-0.15, -0.1) is 5.10 Å². The molecule has 1 aromatic rings. The first-order valence-corrected chi connectivity index (χ1v) is 6.78. The summed E-state index contributed by atoms with van der Waals surface area (Å²) < 4.78 is 1.52. The van der Waals surface area contributed by atoms with Gasteiger partial charge >= 0.3 is 0 Å². The SMILES string of the molecule is CC(=O)c1nnn(CC(=O)N2CCCCCC2)c1C. The van der Waals surface area contributed by atoms with Crippen molar-refractivity contribution in [3.8, 4) is 0 Å². The van der Waals surface area contributed by atoms with Gasteiger partial charge in [0.2, 0.25) is 5.91 Å². The highest BCUT2D eigenvalue weighted by molar-refractivity contribution is 5.93. The van der Waals surface area contributed by atoms with Crippen LogP contribution in [0.1, 0.15) is 48.8 Å². The minimum absolute atomic E-state index is 0.0602. The third-order valence-electron chi connectivity index (χ3n) is 3.56. The lowest BCUT2D eigenvalue weighted by Gasteiger charge is -2.20. The maximum Gasteiger partial charge on any atom is 0.244 e. The van der Waals surface area contributed by atoms with E-state index in [9.17, 15) is 9.59 Å². The highest BCUT2D eigenvalue weighted by Crippen LogP contribution is 2.11. The van der Waals surface area contributed by atoms with Gasteiger partial charge in [-0.1, -0.05) is 18.1 Å². The average Bonchev–Trinajstić information content (AvgIpc) is 2.60. The Morgan fingerprint density at radius 1 is 1.16 bits per heavy atom. The first kappa shape index (κ1) is 13.7. The van der Waals surface area contributed by atoms with Gasteiger partial charge < -0.3 is 4.90 Å². The molecule has 1 aliphatic heterocycles. The molecule has 6 nitrogen and oxygen atoms in total. The van der Waals surface area contributed by atoms with Crippen molar-refractivity contribution >= 4 is 11.7 Å². The summed E-state index contributed by atoms with van der Waals surface area (Å²) >= 11 is 0. The molecular weight excluding hydrogens is 244 g/mol. The summed E-state index contributed by atoms with van der Waals surface area (Å²) in [6, 6.07) is 0. The fourth-order valence-corrected chi connectivity index (χ4v) is 2.38. The number of carbonyl (C=O) groups is 2. The van der Waals surface area contributed by atoms with Gasteiger partial charge in [0.15, 0.2) is 11.5 Å². The number of Topliss-reactive ketones (excluding diaryl/α,β-unsaturated/α-hetero) is 1. The molecule has 0 radical (unpaired) electrons. The Kier molecular flexibility index (Phi) is 4.29. The van der Waals surface area contributed by atoms with E-state index in [2.05, 4.69) is 10.3 Å². The van der Waals surface area contributed by atoms with Crippen LogP contribution in [0.2, 0.25) is 0 Å². The van der Waals surface area contributed by atoms with Crippen LogP contribution >= 0.6 is 0 Å². The Morgan fingerprint density at radius 2 is 1.79 bits per heavy atom. The lowest BCUT2D eigenvalue weighted by Crippen LogP contribution is -2.35. The van der Waals surface area contributed by atoms with E-state index < -0.39 is 0 Å². The van der Waals surface area contributed by atoms with Gasteiger partial charge in [-0.2, -0.15) is 0 Å². The van der Waals surface area contributed by atoms with Gasteiger partial charge in [0, 0.05) is 20.0 Å². The highest BCUT2D eigenvalue weighted by atomic mass is 16.2. The Morgan fingerprint density at radius 3 is 2.32 bits per heavy atom. The first-order chi connectivity index (χ1) is 9.09. The monoisotopic (exact) mass is 264 g/mol. The van der Waals surface area contributed by atoms with Crippen LogP contribution in [-0.2, 0) is 11.3 Å². The minimum atomic E-state index is -0.119. The molecule has 1 amide bonds. The van der Waals surface area contributed by atoms with Crippen LogP contribution in [0.25, 0.3) is 0 Å². The summed E-state index contributed by atoms with van der Waals surface area (Å²) in [5, 5.41) is 7.72. The third-order valence-corrected chi connectivity index (χ3v) is 3.56. The van der Waals surface area contributed by atoms with E-state index in [0.717, 1.165) is 25.9 Å². The van der Waals surface area contributed by atoms with Crippen LogP contribution in [0.3, 0.4) is 0 Å². The van der Waals surface area contributed by atoms with Crippen LogP contribution in [0.4, 0.5) is 0 Å². The van der Waals surface area contributed by atoms with Crippen molar-refractivity contribution in [2.75, 3.05) is 13.1 Å². The topological polar surface area (TPSA) is 68.1 Å². The number of ketones is 1. The summed E-state index contributed by atoms with van der Waals surface area (Å²) in [5.41, 5.74) is 1.01. The van der Waals surface area contributed by atoms with Crippen molar-refractivity contribution in [3.63, 3.8) is 0 Å². The number of hydrogen-bond donors (Lipinski definition) is 0. The average molecular weight is 264 g/mol. The molecule has 1 aliphatic rings. The quantitative estimate of drug-likeness (QED) is 0.769. The number of amides is 1. The van der Waals surface area contributed by atoms with Crippen LogP contribution in [0.5, 0.6) is 0 Å². The Bertz CT molecular complexity index is 473. The Hall–Kier alpha value is -1.72. The molecule has 1 aromatic heterocycles. The highest BCUT2D eigenvalue weighted by Gasteiger charge is 2.19. The summed E-state index contributed by atoms with van der Waals surface area (Å²) in [6.07, 6.45) is 4.53. The van der Waals surface area contributed by atoms with Crippen LogP contribution < -0.4 is 0 Å². The molecule has 2 heterocycles. The molecule has 0 aromatic carbocycles. The van der Waals surface area contributed by atoms with Gasteiger partial charge in [0.1, 0.15) is 6.54 Å². The Balaban J connectivity index is 2.04. The molecule has 19 heavy (non-hydrogen) atoms. The molecule has 0 atom stereocenters. The van der Waals surface area contributed by atoms with Gasteiger partial charge in [0.05, 0.1) is 5.69 Å². The predicted octanol–water partition coefficient (Wildman–Crippen LogP) is 1.19. The number of carbonyl (C=O) groups excluding carboxylic acids is 2. The van der Waals surface area contributed by atoms with Gasteiger partial charge in [0.25, 0.3) is 0 Å². The number of aromatic nitrogens is 3. The second-order valence-electron chi connectivity index (χ2n) is 5.03. The lowest BCUT2D eigenvalue weighted by atomic mass is 10.2. The van der Waals surface area contributed by atoms with E-state index in [0.29, 0.717) is 11.4 Å². The zero-order valence-corrected chi connectivity index (χ0v) is 11.6. The van der Waals surface area contributed by atoms with Crippen molar-refractivity contribution in [1.29, 1.82) is 0 Å². The number of nitrogens with zero attached hydrogens (tertiary/aromatic N) is 4. The van der Waals surface area contributed by atoms with Crippen molar-refractivity contribution in [2.24, 2.45) is 0 Å². The zero-order chi connectivity index (χ0) is 13.8. The van der Waals surface area contributed by atoms with E-state index in [1.807, 2.05) is 4.90 Å². The van der Waals surface area contributed by atoms with Crippen LogP contribution in [0.15, 0.2) is 0 Å². The van der Waals surface area contributed by atoms with E-state index in [-0.39, 0.29) is 18.2 Å². The van der Waals surface area contributed by atoms with Crippen molar-refractivity contribution in [2.45, 2.75) is 46.1 Å². The van der Waals surface area contributed by atoms with E-state index in [4.69, 9.17) is 0 Å². The molecule has 6 heteroatoms. The van der Waals surface area contributed by atoms with Crippen molar-refractivity contribution in [3.05, 3.63) is 11.4 Å². The normalized spacial score (nSPS) is 16.2. The summed E-state index contributed by atoms with van der Waals surface area (Å²) in [7, 11) is 0. The molecule has 0 bridgehead atoms. The molecule has 0 saturated carbocycles. The summed E-state index contributed by atoms with van der Waals surface area (Å²) in [5.74, 6) is -0.0593.